The van der Waals surface area contributed by atoms with E-state index >= 15 is 0 Å². The summed E-state index contributed by atoms with van der Waals surface area (Å²) in [6.07, 6.45) is 0. The molecule has 6 nitrogen and oxygen atoms in total. The van der Waals surface area contributed by atoms with Gasteiger partial charge < -0.3 is 20.0 Å². The van der Waals surface area contributed by atoms with E-state index in [1.165, 1.54) is 0 Å². The third kappa shape index (κ3) is 2.57. The summed E-state index contributed by atoms with van der Waals surface area (Å²) in [5, 5.41) is 19.1. The molecule has 0 amide bonds. The van der Waals surface area contributed by atoms with Gasteiger partial charge in [-0.25, -0.2) is 0 Å². The second-order valence-electron chi connectivity index (χ2n) is 4.91. The smallest absolute Gasteiger partial charge is 0.228 e. The molecule has 0 bridgehead atoms. The number of aliphatic hydroxyl groups excluding tert-OH is 1. The molecule has 7 heteroatoms. The number of hydrogen-bond donors (Lipinski definition) is 2. The zero-order chi connectivity index (χ0) is 16.6. The van der Waals surface area contributed by atoms with E-state index in [-0.39, 0.29) is 28.7 Å². The molecule has 0 radical (unpaired) electrons. The topological polar surface area (TPSA) is 109 Å². The number of nitriles is 1. The van der Waals surface area contributed by atoms with Crippen LogP contribution in [0.5, 0.6) is 5.75 Å². The van der Waals surface area contributed by atoms with Gasteiger partial charge in [0.2, 0.25) is 17.1 Å². The SMILES string of the molecule is N#CC1=C(N)Oc2c(oc(CO)cc2=O)C1c1cccc(Cl)c1. The van der Waals surface area contributed by atoms with Gasteiger partial charge >= 0.3 is 0 Å². The molecule has 1 aliphatic rings. The molecular weight excluding hydrogens is 320 g/mol. The van der Waals surface area contributed by atoms with Gasteiger partial charge in [-0.1, -0.05) is 23.7 Å². The van der Waals surface area contributed by atoms with Gasteiger partial charge in [-0.15, -0.1) is 0 Å². The number of ether oxygens (including phenoxy) is 1. The zero-order valence-corrected chi connectivity index (χ0v) is 12.5. The fourth-order valence-corrected chi connectivity index (χ4v) is 2.68. The van der Waals surface area contributed by atoms with Crippen LogP contribution in [0.3, 0.4) is 0 Å². The molecule has 2 heterocycles. The second kappa shape index (κ2) is 5.80. The van der Waals surface area contributed by atoms with Crippen LogP contribution in [0.25, 0.3) is 0 Å². The fourth-order valence-electron chi connectivity index (χ4n) is 2.48. The lowest BCUT2D eigenvalue weighted by atomic mass is 9.87. The maximum atomic E-state index is 12.1. The first kappa shape index (κ1) is 15.2. The average Bonchev–Trinajstić information content (AvgIpc) is 2.54. The van der Waals surface area contributed by atoms with Crippen molar-refractivity contribution in [2.24, 2.45) is 5.73 Å². The van der Waals surface area contributed by atoms with Crippen LogP contribution in [0.1, 0.15) is 23.0 Å². The Balaban J connectivity index is 2.31. The van der Waals surface area contributed by atoms with Crippen molar-refractivity contribution in [2.45, 2.75) is 12.5 Å². The van der Waals surface area contributed by atoms with Gasteiger partial charge in [0.05, 0.1) is 5.92 Å². The van der Waals surface area contributed by atoms with E-state index in [4.69, 9.17) is 26.5 Å². The summed E-state index contributed by atoms with van der Waals surface area (Å²) in [6.45, 7) is -0.453. The molecular formula is C16H11ClN2O4. The van der Waals surface area contributed by atoms with Crippen LogP contribution in [0.2, 0.25) is 5.02 Å². The van der Waals surface area contributed by atoms with Gasteiger partial charge in [-0.05, 0) is 17.7 Å². The molecule has 1 aromatic heterocycles. The van der Waals surface area contributed by atoms with Gasteiger partial charge in [0.25, 0.3) is 0 Å². The van der Waals surface area contributed by atoms with E-state index in [1.807, 2.05) is 6.07 Å². The molecule has 0 saturated carbocycles. The molecule has 3 N–H and O–H groups in total. The minimum absolute atomic E-state index is 0.0714. The molecule has 3 rings (SSSR count). The number of rotatable bonds is 2. The van der Waals surface area contributed by atoms with Gasteiger partial charge in [-0.3, -0.25) is 4.79 Å². The summed E-state index contributed by atoms with van der Waals surface area (Å²) in [4.78, 5) is 12.1. The summed E-state index contributed by atoms with van der Waals surface area (Å²) in [5.41, 5.74) is 6.03. The Morgan fingerprint density at radius 2 is 2.17 bits per heavy atom. The van der Waals surface area contributed by atoms with Crippen molar-refractivity contribution in [1.29, 1.82) is 5.26 Å². The summed E-state index contributed by atoms with van der Waals surface area (Å²) >= 11 is 6.01. The first-order valence-electron chi connectivity index (χ1n) is 6.66. The summed E-state index contributed by atoms with van der Waals surface area (Å²) in [5.74, 6) is -0.795. The number of aliphatic hydroxyl groups is 1. The number of nitrogens with zero attached hydrogens (tertiary/aromatic N) is 1. The molecule has 1 aliphatic heterocycles. The van der Waals surface area contributed by atoms with Crippen LogP contribution in [-0.2, 0) is 6.61 Å². The van der Waals surface area contributed by atoms with Crippen LogP contribution >= 0.6 is 11.6 Å². The molecule has 0 fully saturated rings. The van der Waals surface area contributed by atoms with E-state index in [0.717, 1.165) is 6.07 Å². The lowest BCUT2D eigenvalue weighted by Gasteiger charge is -2.24. The van der Waals surface area contributed by atoms with Crippen molar-refractivity contribution >= 4 is 11.6 Å². The highest BCUT2D eigenvalue weighted by atomic mass is 35.5. The van der Waals surface area contributed by atoms with Crippen molar-refractivity contribution in [1.82, 2.24) is 0 Å². The van der Waals surface area contributed by atoms with Crippen LogP contribution in [0.4, 0.5) is 0 Å². The largest absolute Gasteiger partial charge is 0.458 e. The number of fused-ring (bicyclic) bond motifs is 1. The highest BCUT2D eigenvalue weighted by Gasteiger charge is 2.35. The van der Waals surface area contributed by atoms with E-state index in [9.17, 15) is 15.2 Å². The molecule has 116 valence electrons. The third-order valence-electron chi connectivity index (χ3n) is 3.47. The predicted octanol–water partition coefficient (Wildman–Crippen LogP) is 2.00. The van der Waals surface area contributed by atoms with Crippen LogP contribution in [0.15, 0.2) is 51.0 Å². The number of benzene rings is 1. The number of nitrogens with two attached hydrogens (primary N) is 1. The monoisotopic (exact) mass is 330 g/mol. The normalized spacial score (nSPS) is 16.5. The van der Waals surface area contributed by atoms with E-state index in [2.05, 4.69) is 0 Å². The average molecular weight is 331 g/mol. The Morgan fingerprint density at radius 3 is 2.83 bits per heavy atom. The predicted molar refractivity (Wildman–Crippen MR) is 81.7 cm³/mol. The molecule has 0 spiro atoms. The number of halogens is 1. The van der Waals surface area contributed by atoms with Crippen molar-refractivity contribution in [3.05, 3.63) is 74.1 Å². The highest BCUT2D eigenvalue weighted by molar-refractivity contribution is 6.30. The van der Waals surface area contributed by atoms with Crippen molar-refractivity contribution < 1.29 is 14.3 Å². The van der Waals surface area contributed by atoms with Crippen LogP contribution in [0, 0.1) is 11.3 Å². The molecule has 23 heavy (non-hydrogen) atoms. The Hall–Kier alpha value is -2.75. The van der Waals surface area contributed by atoms with Crippen LogP contribution in [-0.4, -0.2) is 5.11 Å². The van der Waals surface area contributed by atoms with Crippen molar-refractivity contribution in [2.75, 3.05) is 0 Å². The molecule has 0 saturated heterocycles. The Morgan fingerprint density at radius 1 is 1.39 bits per heavy atom. The Labute approximate surface area is 136 Å². The minimum Gasteiger partial charge on any atom is -0.458 e. The second-order valence-corrected chi connectivity index (χ2v) is 5.34. The van der Waals surface area contributed by atoms with Crippen LogP contribution < -0.4 is 15.9 Å². The molecule has 2 aromatic rings. The summed E-state index contributed by atoms with van der Waals surface area (Å²) in [6, 6.07) is 9.89. The Bertz CT molecular complexity index is 911. The third-order valence-corrected chi connectivity index (χ3v) is 3.70. The van der Waals surface area contributed by atoms with E-state index < -0.39 is 18.0 Å². The van der Waals surface area contributed by atoms with E-state index in [0.29, 0.717) is 10.6 Å². The maximum Gasteiger partial charge on any atom is 0.228 e. The minimum atomic E-state index is -0.735. The Kier molecular flexibility index (Phi) is 3.82. The van der Waals surface area contributed by atoms with Gasteiger partial charge in [0.15, 0.2) is 5.76 Å². The zero-order valence-electron chi connectivity index (χ0n) is 11.7. The first-order valence-corrected chi connectivity index (χ1v) is 7.03. The van der Waals surface area contributed by atoms with E-state index in [1.54, 1.807) is 24.3 Å². The lowest BCUT2D eigenvalue weighted by molar-refractivity contribution is 0.231. The number of allylic oxidation sites excluding steroid dienone is 1. The van der Waals surface area contributed by atoms with Gasteiger partial charge in [0, 0.05) is 11.1 Å². The summed E-state index contributed by atoms with van der Waals surface area (Å²) in [7, 11) is 0. The fraction of sp³-hybridized carbons (Fsp3) is 0.125. The lowest BCUT2D eigenvalue weighted by Crippen LogP contribution is -2.25. The first-order chi connectivity index (χ1) is 11.0. The van der Waals surface area contributed by atoms with Gasteiger partial charge in [0.1, 0.15) is 24.0 Å². The molecule has 1 unspecified atom stereocenters. The van der Waals surface area contributed by atoms with Crippen molar-refractivity contribution in [3.63, 3.8) is 0 Å². The number of hydrogen-bond acceptors (Lipinski definition) is 6. The highest BCUT2D eigenvalue weighted by Crippen LogP contribution is 2.41. The molecule has 1 atom stereocenters. The van der Waals surface area contributed by atoms with Gasteiger partial charge in [-0.2, -0.15) is 5.26 Å². The molecule has 1 aromatic carbocycles. The van der Waals surface area contributed by atoms with Crippen molar-refractivity contribution in [3.8, 4) is 11.8 Å². The standard InChI is InChI=1S/C16H11ClN2O4/c17-9-3-1-2-8(4-9)13-11(6-18)16(19)23-14-12(21)5-10(7-20)22-15(13)14/h1-5,13,20H,7,19H2. The quantitative estimate of drug-likeness (QED) is 0.871. The summed E-state index contributed by atoms with van der Waals surface area (Å²) < 4.78 is 10.8. The maximum absolute atomic E-state index is 12.1. The molecule has 0 aliphatic carbocycles.